The lowest BCUT2D eigenvalue weighted by atomic mass is 10.4. The van der Waals surface area contributed by atoms with Gasteiger partial charge in [0.1, 0.15) is 6.33 Å². The highest BCUT2D eigenvalue weighted by molar-refractivity contribution is 6.31. The van der Waals surface area contributed by atoms with Crippen LogP contribution in [0.15, 0.2) is 6.33 Å². The Labute approximate surface area is 115 Å². The van der Waals surface area contributed by atoms with E-state index in [9.17, 15) is 14.9 Å². The molecule has 0 radical (unpaired) electrons. The molecule has 19 heavy (non-hydrogen) atoms. The van der Waals surface area contributed by atoms with Gasteiger partial charge in [0.05, 0.1) is 11.5 Å². The van der Waals surface area contributed by atoms with E-state index in [2.05, 4.69) is 9.97 Å². The van der Waals surface area contributed by atoms with Gasteiger partial charge in [0.15, 0.2) is 0 Å². The van der Waals surface area contributed by atoms with Gasteiger partial charge < -0.3 is 9.80 Å². The van der Waals surface area contributed by atoms with Crippen LogP contribution in [-0.2, 0) is 4.79 Å². The largest absolute Gasteiger partial charge is 0.348 e. The first-order valence-electron chi connectivity index (χ1n) is 5.48. The number of carbonyl (C=O) groups is 1. The van der Waals surface area contributed by atoms with Gasteiger partial charge in [-0.3, -0.25) is 14.9 Å². The number of carbonyl (C=O) groups excluding carboxylic acids is 1. The second kappa shape index (κ2) is 6.28. The van der Waals surface area contributed by atoms with Crippen molar-refractivity contribution in [2.24, 2.45) is 0 Å². The molecule has 0 atom stereocenters. The summed E-state index contributed by atoms with van der Waals surface area (Å²) in [6, 6.07) is 0. The molecule has 0 aliphatic rings. The van der Waals surface area contributed by atoms with Gasteiger partial charge in [0, 0.05) is 20.6 Å². The van der Waals surface area contributed by atoms with E-state index < -0.39 is 10.6 Å². The Morgan fingerprint density at radius 1 is 1.47 bits per heavy atom. The van der Waals surface area contributed by atoms with E-state index in [0.717, 1.165) is 6.33 Å². The lowest BCUT2D eigenvalue weighted by Crippen LogP contribution is -2.37. The quantitative estimate of drug-likeness (QED) is 0.455. The number of aromatic nitrogens is 2. The molecule has 1 heterocycles. The van der Waals surface area contributed by atoms with E-state index in [1.807, 2.05) is 0 Å². The summed E-state index contributed by atoms with van der Waals surface area (Å²) in [5, 5.41) is 10.8. The van der Waals surface area contributed by atoms with Crippen molar-refractivity contribution in [2.75, 3.05) is 32.1 Å². The number of hydrogen-bond donors (Lipinski definition) is 0. The summed E-state index contributed by atoms with van der Waals surface area (Å²) >= 11 is 5.71. The molecule has 0 aromatic carbocycles. The number of nitrogens with zero attached hydrogens (tertiary/aromatic N) is 5. The van der Waals surface area contributed by atoms with E-state index in [1.165, 1.54) is 9.80 Å². The molecule has 0 fully saturated rings. The molecule has 0 spiro atoms. The fourth-order valence-corrected chi connectivity index (χ4v) is 1.58. The standard InChI is InChI=1S/C10H14ClN5O3/c1-4-15(5-7(17)14(2)3)10-8(16(18)19)9(11)12-6-13-10/h6H,4-5H2,1-3H3. The predicted molar refractivity (Wildman–Crippen MR) is 70.3 cm³/mol. The van der Waals surface area contributed by atoms with Crippen LogP contribution in [0.4, 0.5) is 11.5 Å². The third-order valence-electron chi connectivity index (χ3n) is 2.45. The van der Waals surface area contributed by atoms with Crippen molar-refractivity contribution in [3.63, 3.8) is 0 Å². The Morgan fingerprint density at radius 3 is 2.58 bits per heavy atom. The van der Waals surface area contributed by atoms with Crippen molar-refractivity contribution in [3.8, 4) is 0 Å². The Kier molecular flexibility index (Phi) is 4.99. The van der Waals surface area contributed by atoms with Gasteiger partial charge in [-0.05, 0) is 6.92 Å². The highest BCUT2D eigenvalue weighted by Gasteiger charge is 2.26. The molecule has 0 saturated carbocycles. The third-order valence-corrected chi connectivity index (χ3v) is 2.72. The van der Waals surface area contributed by atoms with Gasteiger partial charge in [-0.15, -0.1) is 0 Å². The SMILES string of the molecule is CCN(CC(=O)N(C)C)c1ncnc(Cl)c1[N+](=O)[O-]. The molecule has 0 aliphatic carbocycles. The Balaban J connectivity index is 3.15. The second-order valence-corrected chi connectivity index (χ2v) is 4.25. The topological polar surface area (TPSA) is 92.5 Å². The highest BCUT2D eigenvalue weighted by Crippen LogP contribution is 2.30. The van der Waals surface area contributed by atoms with Crippen LogP contribution in [0.25, 0.3) is 0 Å². The second-order valence-electron chi connectivity index (χ2n) is 3.90. The maximum atomic E-state index is 11.7. The van der Waals surface area contributed by atoms with Crippen LogP contribution in [0.5, 0.6) is 0 Å². The monoisotopic (exact) mass is 287 g/mol. The summed E-state index contributed by atoms with van der Waals surface area (Å²) in [6.07, 6.45) is 1.13. The minimum atomic E-state index is -0.652. The first-order chi connectivity index (χ1) is 8.88. The van der Waals surface area contributed by atoms with Gasteiger partial charge in [-0.2, -0.15) is 0 Å². The number of rotatable bonds is 5. The van der Waals surface area contributed by atoms with E-state index in [4.69, 9.17) is 11.6 Å². The van der Waals surface area contributed by atoms with E-state index in [-0.39, 0.29) is 23.4 Å². The fraction of sp³-hybridized carbons (Fsp3) is 0.500. The molecule has 1 aromatic heterocycles. The van der Waals surface area contributed by atoms with Gasteiger partial charge >= 0.3 is 5.69 Å². The molecule has 0 saturated heterocycles. The number of likely N-dealkylation sites (N-methyl/N-ethyl adjacent to an activating group) is 2. The van der Waals surface area contributed by atoms with Crippen LogP contribution in [0.3, 0.4) is 0 Å². The summed E-state index contributed by atoms with van der Waals surface area (Å²) in [7, 11) is 3.22. The maximum Gasteiger partial charge on any atom is 0.348 e. The number of amides is 1. The van der Waals surface area contributed by atoms with Crippen molar-refractivity contribution < 1.29 is 9.72 Å². The molecule has 1 amide bonds. The van der Waals surface area contributed by atoms with E-state index >= 15 is 0 Å². The normalized spacial score (nSPS) is 10.1. The first-order valence-corrected chi connectivity index (χ1v) is 5.86. The van der Waals surface area contributed by atoms with Crippen LogP contribution in [0, 0.1) is 10.1 Å². The molecular formula is C10H14ClN5O3. The highest BCUT2D eigenvalue weighted by atomic mass is 35.5. The average molecular weight is 288 g/mol. The number of hydrogen-bond acceptors (Lipinski definition) is 6. The maximum absolute atomic E-state index is 11.7. The molecule has 0 unspecified atom stereocenters. The van der Waals surface area contributed by atoms with E-state index in [0.29, 0.717) is 6.54 Å². The minimum Gasteiger partial charge on any atom is -0.347 e. The van der Waals surface area contributed by atoms with Crippen LogP contribution in [0.2, 0.25) is 5.15 Å². The van der Waals surface area contributed by atoms with Crippen molar-refractivity contribution in [2.45, 2.75) is 6.92 Å². The third kappa shape index (κ3) is 3.50. The van der Waals surface area contributed by atoms with Gasteiger partial charge in [-0.1, -0.05) is 11.6 Å². The molecular weight excluding hydrogens is 274 g/mol. The first kappa shape index (κ1) is 15.1. The van der Waals surface area contributed by atoms with Crippen LogP contribution in [-0.4, -0.2) is 52.9 Å². The van der Waals surface area contributed by atoms with Crippen molar-refractivity contribution in [1.82, 2.24) is 14.9 Å². The van der Waals surface area contributed by atoms with Gasteiger partial charge in [0.2, 0.25) is 16.9 Å². The molecule has 8 nitrogen and oxygen atoms in total. The van der Waals surface area contributed by atoms with Gasteiger partial charge in [-0.25, -0.2) is 9.97 Å². The van der Waals surface area contributed by atoms with Crippen LogP contribution >= 0.6 is 11.6 Å². The Morgan fingerprint density at radius 2 is 2.11 bits per heavy atom. The molecule has 0 bridgehead atoms. The summed E-state index contributed by atoms with van der Waals surface area (Å²) in [4.78, 5) is 32.4. The average Bonchev–Trinajstić information content (AvgIpc) is 2.34. The molecule has 1 aromatic rings. The molecule has 0 N–H and O–H groups in total. The molecule has 9 heteroatoms. The predicted octanol–water partition coefficient (Wildman–Crippen LogP) is 0.953. The van der Waals surface area contributed by atoms with Crippen LogP contribution in [0.1, 0.15) is 6.92 Å². The zero-order valence-corrected chi connectivity index (χ0v) is 11.6. The molecule has 1 rings (SSSR count). The molecule has 104 valence electrons. The van der Waals surface area contributed by atoms with Crippen molar-refractivity contribution in [3.05, 3.63) is 21.6 Å². The van der Waals surface area contributed by atoms with Crippen molar-refractivity contribution in [1.29, 1.82) is 0 Å². The van der Waals surface area contributed by atoms with Gasteiger partial charge in [0.25, 0.3) is 0 Å². The zero-order valence-electron chi connectivity index (χ0n) is 10.8. The lowest BCUT2D eigenvalue weighted by molar-refractivity contribution is -0.384. The zero-order chi connectivity index (χ0) is 14.6. The number of anilines is 1. The number of halogens is 1. The summed E-state index contributed by atoms with van der Waals surface area (Å²) < 4.78 is 0. The van der Waals surface area contributed by atoms with Crippen molar-refractivity contribution >= 4 is 29.0 Å². The van der Waals surface area contributed by atoms with E-state index in [1.54, 1.807) is 21.0 Å². The Bertz CT molecular complexity index is 494. The smallest absolute Gasteiger partial charge is 0.347 e. The Hall–Kier alpha value is -1.96. The fourth-order valence-electron chi connectivity index (χ4n) is 1.38. The van der Waals surface area contributed by atoms with Crippen LogP contribution < -0.4 is 4.90 Å². The lowest BCUT2D eigenvalue weighted by Gasteiger charge is -2.22. The summed E-state index contributed by atoms with van der Waals surface area (Å²) in [5.41, 5.74) is -0.391. The number of nitro groups is 1. The molecule has 0 aliphatic heterocycles. The summed E-state index contributed by atoms with van der Waals surface area (Å²) in [5.74, 6) is -0.145. The minimum absolute atomic E-state index is 0.0162. The summed E-state index contributed by atoms with van der Waals surface area (Å²) in [6.45, 7) is 2.13.